The Kier molecular flexibility index (Phi) is 4.79. The Morgan fingerprint density at radius 2 is 2.12 bits per heavy atom. The molecule has 2 heterocycles. The monoisotopic (exact) mass is 382 g/mol. The van der Waals surface area contributed by atoms with Crippen LogP contribution in [0, 0.1) is 16.0 Å². The lowest BCUT2D eigenvalue weighted by Gasteiger charge is -2.43. The molecular formula is C16H15FN2O4S2. The lowest BCUT2D eigenvalue weighted by atomic mass is 9.93. The topological polar surface area (TPSA) is 72.7 Å². The minimum Gasteiger partial charge on any atom is -0.477 e. The van der Waals surface area contributed by atoms with Gasteiger partial charge >= 0.3 is 0 Å². The van der Waals surface area contributed by atoms with Crippen molar-refractivity contribution >= 4 is 40.6 Å². The highest BCUT2D eigenvalue weighted by Gasteiger charge is 2.56. The molecule has 3 atom stereocenters. The molecule has 3 rings (SSSR count). The molecule has 0 aromatic heterocycles. The normalized spacial score (nSPS) is 23.2. The van der Waals surface area contributed by atoms with Gasteiger partial charge in [-0.3, -0.25) is 19.8 Å². The van der Waals surface area contributed by atoms with Crippen molar-refractivity contribution in [1.29, 1.82) is 0 Å². The standard InChI is InChI=1S/C16H15FN2O4S2/c1-8(17)12-14(20)18-13(9(2)25-15(12)18)16(24)23-7-10-3-5-11(6-4-10)19(21)22/h3-6,8,12,15H,7H2,1-2H3/t8-,12-,15+/m0/s1. The zero-order chi connectivity index (χ0) is 18.3. The number of thioether (sulfide) groups is 1. The molecule has 1 aromatic rings. The fraction of sp³-hybridized carbons (Fsp3) is 0.375. The van der Waals surface area contributed by atoms with Gasteiger partial charge in [0.05, 0.1) is 10.8 Å². The van der Waals surface area contributed by atoms with Crippen LogP contribution in [-0.2, 0) is 16.1 Å². The van der Waals surface area contributed by atoms with Crippen LogP contribution in [0.4, 0.5) is 10.1 Å². The quantitative estimate of drug-likeness (QED) is 0.336. The molecule has 25 heavy (non-hydrogen) atoms. The number of alkyl halides is 1. The van der Waals surface area contributed by atoms with E-state index >= 15 is 0 Å². The van der Waals surface area contributed by atoms with E-state index in [1.165, 1.54) is 35.7 Å². The number of nitro groups is 1. The summed E-state index contributed by atoms with van der Waals surface area (Å²) >= 11 is 6.71. The highest BCUT2D eigenvalue weighted by Crippen LogP contribution is 2.50. The number of hydrogen-bond donors (Lipinski definition) is 0. The Morgan fingerprint density at radius 3 is 2.68 bits per heavy atom. The van der Waals surface area contributed by atoms with Crippen molar-refractivity contribution in [2.45, 2.75) is 32.0 Å². The number of nitrogens with zero attached hydrogens (tertiary/aromatic N) is 2. The van der Waals surface area contributed by atoms with Gasteiger partial charge in [0.2, 0.25) is 11.0 Å². The van der Waals surface area contributed by atoms with E-state index in [2.05, 4.69) is 0 Å². The predicted octanol–water partition coefficient (Wildman–Crippen LogP) is 3.56. The lowest BCUT2D eigenvalue weighted by Crippen LogP contribution is -2.60. The van der Waals surface area contributed by atoms with Crippen molar-refractivity contribution < 1.29 is 18.8 Å². The smallest absolute Gasteiger partial charge is 0.269 e. The van der Waals surface area contributed by atoms with Crippen LogP contribution in [0.5, 0.6) is 0 Å². The van der Waals surface area contributed by atoms with Crippen molar-refractivity contribution in [1.82, 2.24) is 4.90 Å². The molecule has 1 amide bonds. The first-order chi connectivity index (χ1) is 11.8. The summed E-state index contributed by atoms with van der Waals surface area (Å²) in [4.78, 5) is 24.7. The number of nitro benzene ring substituents is 1. The van der Waals surface area contributed by atoms with Crippen LogP contribution in [0.15, 0.2) is 34.9 Å². The summed E-state index contributed by atoms with van der Waals surface area (Å²) in [6, 6.07) is 5.95. The summed E-state index contributed by atoms with van der Waals surface area (Å²) in [5.41, 5.74) is 1.24. The molecule has 0 spiro atoms. The number of halogens is 1. The number of ether oxygens (including phenoxy) is 1. The van der Waals surface area contributed by atoms with Gasteiger partial charge in [-0.05, 0) is 43.8 Å². The van der Waals surface area contributed by atoms with Gasteiger partial charge in [-0.25, -0.2) is 4.39 Å². The number of allylic oxidation sites excluding steroid dienone is 1. The van der Waals surface area contributed by atoms with Gasteiger partial charge in [0.1, 0.15) is 23.8 Å². The number of thiocarbonyl (C=S) groups is 1. The van der Waals surface area contributed by atoms with Crippen molar-refractivity contribution in [3.63, 3.8) is 0 Å². The Labute approximate surface area is 153 Å². The second-order valence-corrected chi connectivity index (χ2v) is 7.53. The minimum absolute atomic E-state index is 0.00234. The number of carbonyl (C=O) groups excluding carboxylic acids is 1. The van der Waals surface area contributed by atoms with E-state index in [-0.39, 0.29) is 28.6 Å². The van der Waals surface area contributed by atoms with Crippen molar-refractivity contribution in [2.24, 2.45) is 5.92 Å². The molecule has 0 radical (unpaired) electrons. The van der Waals surface area contributed by atoms with Crippen LogP contribution in [-0.4, -0.2) is 32.3 Å². The average Bonchev–Trinajstić information content (AvgIpc) is 2.85. The number of amides is 1. The van der Waals surface area contributed by atoms with E-state index in [0.29, 0.717) is 5.70 Å². The fourth-order valence-corrected chi connectivity index (χ4v) is 4.69. The molecule has 1 aromatic carbocycles. The number of fused-ring (bicyclic) bond motifs is 1. The van der Waals surface area contributed by atoms with Crippen LogP contribution < -0.4 is 0 Å². The zero-order valence-corrected chi connectivity index (χ0v) is 15.1. The summed E-state index contributed by atoms with van der Waals surface area (Å²) in [6.07, 6.45) is -1.21. The van der Waals surface area contributed by atoms with Gasteiger partial charge in [-0.2, -0.15) is 0 Å². The molecule has 0 saturated carbocycles. The molecule has 1 fully saturated rings. The van der Waals surface area contributed by atoms with Crippen molar-refractivity contribution in [3.05, 3.63) is 50.5 Å². The molecule has 0 aliphatic carbocycles. The molecule has 0 N–H and O–H groups in total. The average molecular weight is 382 g/mol. The van der Waals surface area contributed by atoms with E-state index in [1.807, 2.05) is 6.92 Å². The Hall–Kier alpha value is -2.00. The predicted molar refractivity (Wildman–Crippen MR) is 95.5 cm³/mol. The maximum absolute atomic E-state index is 13.6. The molecule has 6 nitrogen and oxygen atoms in total. The number of benzene rings is 1. The highest BCUT2D eigenvalue weighted by atomic mass is 32.2. The number of hydrogen-bond acceptors (Lipinski definition) is 6. The maximum Gasteiger partial charge on any atom is 0.269 e. The minimum atomic E-state index is -1.21. The fourth-order valence-electron chi connectivity index (χ4n) is 2.85. The number of carbonyl (C=O) groups is 1. The third kappa shape index (κ3) is 3.13. The Balaban J connectivity index is 1.65. The Bertz CT molecular complexity index is 779. The zero-order valence-electron chi connectivity index (χ0n) is 13.5. The van der Waals surface area contributed by atoms with Gasteiger partial charge in [-0.15, -0.1) is 11.8 Å². The van der Waals surface area contributed by atoms with Crippen LogP contribution >= 0.6 is 24.0 Å². The summed E-state index contributed by atoms with van der Waals surface area (Å²) in [7, 11) is 0. The second-order valence-electron chi connectivity index (χ2n) is 5.82. The largest absolute Gasteiger partial charge is 0.477 e. The van der Waals surface area contributed by atoms with E-state index in [9.17, 15) is 19.3 Å². The summed E-state index contributed by atoms with van der Waals surface area (Å²) in [5, 5.41) is 10.6. The molecule has 9 heteroatoms. The summed E-state index contributed by atoms with van der Waals surface area (Å²) in [5.74, 6) is -0.921. The van der Waals surface area contributed by atoms with E-state index in [0.717, 1.165) is 10.5 Å². The van der Waals surface area contributed by atoms with Gasteiger partial charge in [-0.1, -0.05) is 0 Å². The van der Waals surface area contributed by atoms with E-state index < -0.39 is 17.0 Å². The second kappa shape index (κ2) is 6.72. The van der Waals surface area contributed by atoms with Gasteiger partial charge in [0.15, 0.2) is 0 Å². The van der Waals surface area contributed by atoms with Gasteiger partial charge in [0, 0.05) is 17.0 Å². The number of non-ortho nitro benzene ring substituents is 1. The molecule has 2 aliphatic rings. The summed E-state index contributed by atoms with van der Waals surface area (Å²) in [6.45, 7) is 3.35. The molecule has 1 saturated heterocycles. The van der Waals surface area contributed by atoms with Crippen LogP contribution in [0.1, 0.15) is 19.4 Å². The van der Waals surface area contributed by atoms with Crippen LogP contribution in [0.3, 0.4) is 0 Å². The third-order valence-corrected chi connectivity index (χ3v) is 5.77. The molecule has 0 unspecified atom stereocenters. The number of rotatable bonds is 5. The third-order valence-electron chi connectivity index (χ3n) is 4.16. The Morgan fingerprint density at radius 1 is 1.48 bits per heavy atom. The lowest BCUT2D eigenvalue weighted by molar-refractivity contribution is -0.384. The van der Waals surface area contributed by atoms with Crippen molar-refractivity contribution in [2.75, 3.05) is 0 Å². The first-order valence-electron chi connectivity index (χ1n) is 7.56. The van der Waals surface area contributed by atoms with Gasteiger partial charge in [0.25, 0.3) is 5.69 Å². The van der Waals surface area contributed by atoms with Crippen LogP contribution in [0.25, 0.3) is 0 Å². The molecular weight excluding hydrogens is 367 g/mol. The molecule has 0 bridgehead atoms. The molecule has 132 valence electrons. The number of β-lactam (4-membered cyclic amide) rings is 1. The van der Waals surface area contributed by atoms with E-state index in [4.69, 9.17) is 17.0 Å². The highest BCUT2D eigenvalue weighted by molar-refractivity contribution is 8.04. The van der Waals surface area contributed by atoms with E-state index in [1.54, 1.807) is 12.1 Å². The first-order valence-corrected chi connectivity index (χ1v) is 8.85. The van der Waals surface area contributed by atoms with Crippen molar-refractivity contribution in [3.8, 4) is 0 Å². The van der Waals surface area contributed by atoms with Gasteiger partial charge < -0.3 is 4.74 Å². The SMILES string of the molecule is CC1=C(C(=S)OCc2ccc([N+](=O)[O-])cc2)N2C(=O)[C@H]([C@H](C)F)[C@H]2S1. The maximum atomic E-state index is 13.6. The first kappa shape index (κ1) is 17.8. The van der Waals surface area contributed by atoms with Crippen LogP contribution in [0.2, 0.25) is 0 Å². The summed E-state index contributed by atoms with van der Waals surface area (Å²) < 4.78 is 19.1. The molecule has 2 aliphatic heterocycles.